The molecule has 0 saturated carbocycles. The number of rotatable bonds is 1. The molecule has 0 aromatic heterocycles. The molecule has 0 radical (unpaired) electrons. The molecule has 5 rings (SSSR count). The molecule has 1 heterocycles. The van der Waals surface area contributed by atoms with Crippen LogP contribution in [-0.4, -0.2) is 15.3 Å². The van der Waals surface area contributed by atoms with Crippen molar-refractivity contribution in [2.24, 2.45) is 0 Å². The lowest BCUT2D eigenvalue weighted by Crippen LogP contribution is -2.28. The van der Waals surface area contributed by atoms with Gasteiger partial charge in [-0.1, -0.05) is 30.3 Å². The van der Waals surface area contributed by atoms with Crippen LogP contribution in [0.4, 0.5) is 0 Å². The average molecular weight is 296 g/mol. The van der Waals surface area contributed by atoms with Gasteiger partial charge >= 0.3 is 0 Å². The van der Waals surface area contributed by atoms with E-state index in [0.29, 0.717) is 5.56 Å². The maximum atomic E-state index is 11.8. The highest BCUT2D eigenvalue weighted by Crippen LogP contribution is 2.51. The van der Waals surface area contributed by atoms with E-state index in [9.17, 15) is 24.9 Å². The maximum Gasteiger partial charge on any atom is 0.208 e. The van der Waals surface area contributed by atoms with Crippen LogP contribution in [-0.2, 0) is 0 Å². The largest absolute Gasteiger partial charge is 0.506 e. The normalized spacial score (nSPS) is 11.6. The number of hydrogen-bond donors (Lipinski definition) is 3. The lowest BCUT2D eigenvalue weighted by atomic mass is 9.93. The van der Waals surface area contributed by atoms with Crippen molar-refractivity contribution in [3.63, 3.8) is 0 Å². The standard InChI is InChI=1S/C16H8O6/c17-10-7-11(18)8(10)16-9(12(7)19)13(20)14(21)15(22-16)6-4-2-1-3-5-6/h1-5,19-21H. The molecule has 1 aliphatic heterocycles. The smallest absolute Gasteiger partial charge is 0.208 e. The summed E-state index contributed by atoms with van der Waals surface area (Å²) in [6.07, 6.45) is 0. The minimum atomic E-state index is -0.670. The molecule has 2 aromatic carbocycles. The summed E-state index contributed by atoms with van der Waals surface area (Å²) in [7, 11) is 0. The zero-order chi connectivity index (χ0) is 15.6. The summed E-state index contributed by atoms with van der Waals surface area (Å²) in [6, 6.07) is 8.41. The van der Waals surface area contributed by atoms with Crippen molar-refractivity contribution in [3.05, 3.63) is 50.8 Å². The van der Waals surface area contributed by atoms with E-state index in [1.54, 1.807) is 30.3 Å². The Bertz CT molecular complexity index is 1050. The van der Waals surface area contributed by atoms with Gasteiger partial charge in [-0.2, -0.15) is 0 Å². The van der Waals surface area contributed by atoms with Crippen LogP contribution in [0, 0.1) is 0 Å². The molecule has 3 aliphatic rings. The number of benzene rings is 3. The van der Waals surface area contributed by atoms with Gasteiger partial charge in [-0.15, -0.1) is 0 Å². The van der Waals surface area contributed by atoms with Gasteiger partial charge in [0.1, 0.15) is 22.1 Å². The summed E-state index contributed by atoms with van der Waals surface area (Å²) in [5, 5.41) is 29.6. The predicted molar refractivity (Wildman–Crippen MR) is 78.2 cm³/mol. The topological polar surface area (TPSA) is 108 Å². The number of aromatic hydroxyl groups is 3. The van der Waals surface area contributed by atoms with Crippen molar-refractivity contribution in [2.75, 3.05) is 0 Å². The lowest BCUT2D eigenvalue weighted by Gasteiger charge is -2.17. The molecule has 2 aromatic rings. The maximum absolute atomic E-state index is 11.8. The second kappa shape index (κ2) is 3.88. The molecule has 0 unspecified atom stereocenters. The van der Waals surface area contributed by atoms with Crippen LogP contribution in [0.2, 0.25) is 0 Å². The highest BCUT2D eigenvalue weighted by atomic mass is 16.4. The van der Waals surface area contributed by atoms with Crippen molar-refractivity contribution in [1.82, 2.24) is 0 Å². The highest BCUT2D eigenvalue weighted by Gasteiger charge is 2.34. The van der Waals surface area contributed by atoms with Gasteiger partial charge in [0.2, 0.25) is 16.6 Å². The van der Waals surface area contributed by atoms with Crippen molar-refractivity contribution in [3.8, 4) is 39.9 Å². The first-order valence-corrected chi connectivity index (χ1v) is 6.40. The van der Waals surface area contributed by atoms with E-state index >= 15 is 0 Å². The number of hydrogen-bond acceptors (Lipinski definition) is 6. The SMILES string of the molecule is O=c1c2c3oc(-c4ccccc4)c(O)c(O)c-3c(O)c1c2=O. The minimum Gasteiger partial charge on any atom is -0.506 e. The van der Waals surface area contributed by atoms with E-state index in [1.165, 1.54) is 0 Å². The Morgan fingerprint density at radius 2 is 1.36 bits per heavy atom. The fourth-order valence-electron chi connectivity index (χ4n) is 2.66. The first-order valence-electron chi connectivity index (χ1n) is 6.40. The lowest BCUT2D eigenvalue weighted by molar-refractivity contribution is 0.382. The Labute approximate surface area is 122 Å². The van der Waals surface area contributed by atoms with E-state index < -0.39 is 28.1 Å². The molecule has 6 nitrogen and oxygen atoms in total. The monoisotopic (exact) mass is 296 g/mol. The van der Waals surface area contributed by atoms with Crippen molar-refractivity contribution in [1.29, 1.82) is 0 Å². The Kier molecular flexibility index (Phi) is 2.20. The van der Waals surface area contributed by atoms with Gasteiger partial charge in [-0.25, -0.2) is 0 Å². The van der Waals surface area contributed by atoms with E-state index in [2.05, 4.69) is 0 Å². The van der Waals surface area contributed by atoms with Crippen LogP contribution < -0.4 is 10.9 Å². The van der Waals surface area contributed by atoms with Gasteiger partial charge in [0.05, 0.1) is 0 Å². The molecular weight excluding hydrogens is 288 g/mol. The molecule has 0 saturated heterocycles. The Morgan fingerprint density at radius 3 is 2.00 bits per heavy atom. The second-order valence-electron chi connectivity index (χ2n) is 4.96. The third kappa shape index (κ3) is 1.28. The zero-order valence-electron chi connectivity index (χ0n) is 11.0. The highest BCUT2D eigenvalue weighted by molar-refractivity contribution is 6.03. The summed E-state index contributed by atoms with van der Waals surface area (Å²) < 4.78 is 5.48. The quantitative estimate of drug-likeness (QED) is 0.495. The molecule has 0 atom stereocenters. The van der Waals surface area contributed by atoms with Gasteiger partial charge < -0.3 is 19.7 Å². The van der Waals surface area contributed by atoms with Crippen molar-refractivity contribution < 1.29 is 19.7 Å². The zero-order valence-corrected chi connectivity index (χ0v) is 11.0. The fourth-order valence-corrected chi connectivity index (χ4v) is 2.66. The van der Waals surface area contributed by atoms with Gasteiger partial charge in [-0.3, -0.25) is 9.59 Å². The van der Waals surface area contributed by atoms with Crippen molar-refractivity contribution >= 4 is 10.8 Å². The molecule has 22 heavy (non-hydrogen) atoms. The summed E-state index contributed by atoms with van der Waals surface area (Å²) in [4.78, 5) is 23.6. The molecule has 3 N–H and O–H groups in total. The van der Waals surface area contributed by atoms with Gasteiger partial charge in [0, 0.05) is 5.56 Å². The summed E-state index contributed by atoms with van der Waals surface area (Å²) in [5.74, 6) is -2.19. The summed E-state index contributed by atoms with van der Waals surface area (Å²) in [5.41, 5.74) is -1.03. The first kappa shape index (κ1) is 12.5. The van der Waals surface area contributed by atoms with E-state index in [1.807, 2.05) is 0 Å². The first-order chi connectivity index (χ1) is 10.5. The van der Waals surface area contributed by atoms with E-state index in [4.69, 9.17) is 4.42 Å². The average Bonchev–Trinajstić information content (AvgIpc) is 2.51. The van der Waals surface area contributed by atoms with E-state index in [0.717, 1.165) is 0 Å². The molecule has 0 fully saturated rings. The Hall–Kier alpha value is -3.28. The predicted octanol–water partition coefficient (Wildman–Crippen LogP) is 1.92. The van der Waals surface area contributed by atoms with Gasteiger partial charge in [0.25, 0.3) is 0 Å². The number of phenolic OH excluding ortho intramolecular Hbond substituents is 1. The van der Waals surface area contributed by atoms with Gasteiger partial charge in [0.15, 0.2) is 17.3 Å². The molecule has 108 valence electrons. The van der Waals surface area contributed by atoms with Crippen LogP contribution in [0.1, 0.15) is 0 Å². The Balaban J connectivity index is 2.21. The molecular formula is C16H8O6. The molecule has 2 bridgehead atoms. The van der Waals surface area contributed by atoms with E-state index in [-0.39, 0.29) is 27.9 Å². The third-order valence-corrected chi connectivity index (χ3v) is 3.75. The van der Waals surface area contributed by atoms with Gasteiger partial charge in [-0.05, 0) is 0 Å². The van der Waals surface area contributed by atoms with Crippen LogP contribution >= 0.6 is 0 Å². The fraction of sp³-hybridized carbons (Fsp3) is 0. The van der Waals surface area contributed by atoms with Crippen LogP contribution in [0.3, 0.4) is 0 Å². The molecule has 0 amide bonds. The summed E-state index contributed by atoms with van der Waals surface area (Å²) >= 11 is 0. The Morgan fingerprint density at radius 1 is 0.727 bits per heavy atom. The summed E-state index contributed by atoms with van der Waals surface area (Å²) in [6.45, 7) is 0. The van der Waals surface area contributed by atoms with Crippen LogP contribution in [0.25, 0.3) is 33.4 Å². The minimum absolute atomic E-state index is 0.0897. The molecule has 6 heteroatoms. The molecule has 0 spiro atoms. The molecule has 2 aliphatic carbocycles. The second-order valence-corrected chi connectivity index (χ2v) is 4.96. The van der Waals surface area contributed by atoms with Crippen molar-refractivity contribution in [2.45, 2.75) is 0 Å². The number of phenols is 2. The van der Waals surface area contributed by atoms with Crippen LogP contribution in [0.5, 0.6) is 17.2 Å². The van der Waals surface area contributed by atoms with Crippen LogP contribution in [0.15, 0.2) is 44.3 Å². The third-order valence-electron chi connectivity index (χ3n) is 3.75.